The minimum Gasteiger partial charge on any atom is -0.455 e. The highest BCUT2D eigenvalue weighted by Crippen LogP contribution is 2.48. The predicted molar refractivity (Wildman–Crippen MR) is 192 cm³/mol. The highest BCUT2D eigenvalue weighted by Gasteiger charge is 2.21. The molecule has 1 aromatic heterocycles. The van der Waals surface area contributed by atoms with Gasteiger partial charge < -0.3 is 4.42 Å². The first-order valence-electron chi connectivity index (χ1n) is 23.1. The first kappa shape index (κ1) is 13.0. The quantitative estimate of drug-likeness (QED) is 0.145. The summed E-state index contributed by atoms with van der Waals surface area (Å²) in [7, 11) is 0. The van der Waals surface area contributed by atoms with Crippen molar-refractivity contribution in [3.05, 3.63) is 157 Å². The highest BCUT2D eigenvalue weighted by atomic mass is 16.3. The predicted octanol–water partition coefficient (Wildman–Crippen LogP) is 12.7. The molecule has 45 heavy (non-hydrogen) atoms. The molecule has 0 atom stereocenters. The topological polar surface area (TPSA) is 13.1 Å². The number of furan rings is 1. The largest absolute Gasteiger partial charge is 0.455 e. The molecule has 1 heteroatoms. The van der Waals surface area contributed by atoms with Crippen LogP contribution in [0, 0.1) is 0 Å². The van der Waals surface area contributed by atoms with E-state index in [1.807, 2.05) is 0 Å². The molecule has 0 N–H and O–H groups in total. The normalized spacial score (nSPS) is 17.6. The summed E-state index contributed by atoms with van der Waals surface area (Å²) >= 11 is 0. The van der Waals surface area contributed by atoms with Crippen LogP contribution in [0.1, 0.15) is 24.7 Å². The van der Waals surface area contributed by atoms with Gasteiger partial charge in [0, 0.05) is 16.2 Å². The summed E-state index contributed by atoms with van der Waals surface area (Å²) in [5.41, 5.74) is -0.0515. The molecule has 9 aromatic carbocycles. The minimum atomic E-state index is -0.646. The third kappa shape index (κ3) is 3.44. The van der Waals surface area contributed by atoms with Crippen molar-refractivity contribution >= 4 is 75.8 Å². The summed E-state index contributed by atoms with van der Waals surface area (Å²) in [4.78, 5) is 0. The van der Waals surface area contributed by atoms with Crippen LogP contribution in [0.3, 0.4) is 0 Å². The average Bonchev–Trinajstić information content (AvgIpc) is 3.67. The van der Waals surface area contributed by atoms with Gasteiger partial charge in [-0.2, -0.15) is 0 Å². The van der Waals surface area contributed by atoms with Crippen molar-refractivity contribution in [2.75, 3.05) is 0 Å². The van der Waals surface area contributed by atoms with Crippen LogP contribution in [0.15, 0.2) is 162 Å². The Morgan fingerprint density at radius 2 is 0.911 bits per heavy atom. The van der Waals surface area contributed by atoms with Gasteiger partial charge in [0.1, 0.15) is 11.2 Å². The Hall–Kier alpha value is -5.92. The van der Waals surface area contributed by atoms with E-state index in [1.165, 1.54) is 0 Å². The van der Waals surface area contributed by atoms with E-state index in [-0.39, 0.29) is 76.5 Å². The molecule has 0 aliphatic carbocycles. The fraction of sp³-hybridized carbons (Fsp3) is 0. The van der Waals surface area contributed by atoms with Crippen molar-refractivity contribution < 1.29 is 29.1 Å². The molecule has 0 saturated carbocycles. The molecular weight excluding hydrogens is 544 g/mol. The third-order valence-corrected chi connectivity index (χ3v) is 8.31. The molecule has 10 aromatic rings. The first-order valence-corrected chi connectivity index (χ1v) is 14.1. The van der Waals surface area contributed by atoms with E-state index in [9.17, 15) is 5.48 Å². The molecule has 0 spiro atoms. The van der Waals surface area contributed by atoms with Crippen molar-refractivity contribution in [2.45, 2.75) is 0 Å². The molecule has 0 radical (unpaired) electrons. The average molecular weight is 589 g/mol. The van der Waals surface area contributed by atoms with Crippen molar-refractivity contribution in [3.8, 4) is 22.3 Å². The Bertz CT molecular complexity index is 3780. The van der Waals surface area contributed by atoms with Gasteiger partial charge >= 0.3 is 0 Å². The highest BCUT2D eigenvalue weighted by molar-refractivity contribution is 6.28. The van der Waals surface area contributed by atoms with Gasteiger partial charge in [-0.05, 0) is 82.8 Å². The molecule has 0 unspecified atom stereocenters. The standard InChI is InChI=1S/C44H26O/c1-3-13-29-27(11-1)23-25-32-31(29)19-9-20-33(32)41-34-15-5-7-17-36(34)42(37-18-8-6-16-35(37)41)38-21-10-22-40-43(38)39-26-24-28-12-2-4-14-30(28)44(39)45-40/h1-26H/i1D,2D,3D,4D,9D,10D,11D,12D,13D,14D,19D,20D,21D,22D,23D,24D,25D,26D. The van der Waals surface area contributed by atoms with E-state index in [2.05, 4.69) is 0 Å². The van der Waals surface area contributed by atoms with E-state index >= 15 is 0 Å². The van der Waals surface area contributed by atoms with E-state index in [0.29, 0.717) is 21.5 Å². The number of rotatable bonds is 2. The summed E-state index contributed by atoms with van der Waals surface area (Å²) < 4.78 is 166. The van der Waals surface area contributed by atoms with E-state index in [0.717, 1.165) is 0 Å². The fourth-order valence-electron chi connectivity index (χ4n) is 6.45. The van der Waals surface area contributed by atoms with Gasteiger partial charge in [-0.1, -0.05) is 145 Å². The molecular formula is C44H26O. The second-order valence-electron chi connectivity index (χ2n) is 10.6. The van der Waals surface area contributed by atoms with Gasteiger partial charge in [0.05, 0.1) is 24.7 Å². The second-order valence-corrected chi connectivity index (χ2v) is 10.6. The lowest BCUT2D eigenvalue weighted by molar-refractivity contribution is 0.673. The molecule has 0 aliphatic rings. The summed E-state index contributed by atoms with van der Waals surface area (Å²) in [6.07, 6.45) is 0. The fourth-order valence-corrected chi connectivity index (χ4v) is 6.45. The van der Waals surface area contributed by atoms with Gasteiger partial charge in [0.2, 0.25) is 0 Å². The monoisotopic (exact) mass is 588 g/mol. The van der Waals surface area contributed by atoms with Crippen molar-refractivity contribution in [2.24, 2.45) is 0 Å². The zero-order valence-corrected chi connectivity index (χ0v) is 23.0. The van der Waals surface area contributed by atoms with E-state index in [1.54, 1.807) is 48.5 Å². The SMILES string of the molecule is [2H]c1c([2H])c(-c2c3ccccc3c(-c3c([2H])c([2H])c([2H])c4c3c([2H])c([2H])c3c([2H])c([2H])c([2H])c([2H])c34)c3ccccc23)c2c(oc3c4c([2H])c([2H])c([2H])c([2H])c4c([2H])c([2H])c32)c1[2H]. The molecule has 1 heterocycles. The van der Waals surface area contributed by atoms with Crippen LogP contribution < -0.4 is 0 Å². The van der Waals surface area contributed by atoms with Gasteiger partial charge in [0.25, 0.3) is 0 Å². The van der Waals surface area contributed by atoms with E-state index in [4.69, 9.17) is 23.6 Å². The summed E-state index contributed by atoms with van der Waals surface area (Å²) in [6.45, 7) is 0. The summed E-state index contributed by atoms with van der Waals surface area (Å²) in [5, 5.41) is -0.133. The van der Waals surface area contributed by atoms with Crippen LogP contribution in [0.25, 0.3) is 98.1 Å². The van der Waals surface area contributed by atoms with Gasteiger partial charge in [-0.3, -0.25) is 0 Å². The Labute approximate surface area is 284 Å². The first-order chi connectivity index (χ1) is 29.8. The number of benzene rings is 9. The molecule has 0 saturated heterocycles. The molecule has 0 aliphatic heterocycles. The Balaban J connectivity index is 1.46. The lowest BCUT2D eigenvalue weighted by Gasteiger charge is -2.19. The maximum Gasteiger partial charge on any atom is 0.143 e. The smallest absolute Gasteiger partial charge is 0.143 e. The summed E-state index contributed by atoms with van der Waals surface area (Å²) in [6, 6.07) is 3.23. The summed E-state index contributed by atoms with van der Waals surface area (Å²) in [5.74, 6) is 0. The maximum absolute atomic E-state index is 9.49. The molecule has 208 valence electrons. The van der Waals surface area contributed by atoms with Crippen LogP contribution in [-0.4, -0.2) is 0 Å². The maximum atomic E-state index is 9.49. The second kappa shape index (κ2) is 9.29. The lowest BCUT2D eigenvalue weighted by Crippen LogP contribution is -1.92. The lowest BCUT2D eigenvalue weighted by atomic mass is 9.83. The number of fused-ring (bicyclic) bond motifs is 10. The third-order valence-electron chi connectivity index (χ3n) is 8.31. The van der Waals surface area contributed by atoms with Gasteiger partial charge in [-0.15, -0.1) is 0 Å². The van der Waals surface area contributed by atoms with Gasteiger partial charge in [0.15, 0.2) is 0 Å². The Morgan fingerprint density at radius 1 is 0.378 bits per heavy atom. The number of hydrogen-bond acceptors (Lipinski definition) is 1. The van der Waals surface area contributed by atoms with E-state index < -0.39 is 109 Å². The van der Waals surface area contributed by atoms with Crippen LogP contribution in [0.5, 0.6) is 0 Å². The Morgan fingerprint density at radius 3 is 1.62 bits per heavy atom. The number of hydrogen-bond donors (Lipinski definition) is 0. The molecule has 0 amide bonds. The molecule has 1 nitrogen and oxygen atoms in total. The zero-order chi connectivity index (χ0) is 45.1. The molecule has 0 bridgehead atoms. The van der Waals surface area contributed by atoms with Crippen molar-refractivity contribution in [1.82, 2.24) is 0 Å². The van der Waals surface area contributed by atoms with Crippen molar-refractivity contribution in [3.63, 3.8) is 0 Å². The van der Waals surface area contributed by atoms with Crippen LogP contribution >= 0.6 is 0 Å². The van der Waals surface area contributed by atoms with Crippen LogP contribution in [0.2, 0.25) is 0 Å². The minimum absolute atomic E-state index is 0.00737. The van der Waals surface area contributed by atoms with Crippen LogP contribution in [-0.2, 0) is 0 Å². The zero-order valence-electron chi connectivity index (χ0n) is 41.0. The molecule has 0 fully saturated rings. The van der Waals surface area contributed by atoms with Gasteiger partial charge in [-0.25, -0.2) is 0 Å². The molecule has 10 rings (SSSR count). The van der Waals surface area contributed by atoms with Crippen LogP contribution in [0.4, 0.5) is 0 Å². The van der Waals surface area contributed by atoms with Crippen molar-refractivity contribution in [1.29, 1.82) is 0 Å². The Kier molecular flexibility index (Phi) is 2.68.